The SMILES string of the molecule is CN(CC(F)(F)F)C(=O)c1ccsc1. The minimum Gasteiger partial charge on any atom is -0.333 e. The molecule has 0 unspecified atom stereocenters. The largest absolute Gasteiger partial charge is 0.406 e. The Bertz CT molecular complexity index is 307. The van der Waals surface area contributed by atoms with Crippen molar-refractivity contribution in [3.63, 3.8) is 0 Å². The second-order valence-electron chi connectivity index (χ2n) is 2.79. The van der Waals surface area contributed by atoms with E-state index in [0.717, 1.165) is 7.05 Å². The van der Waals surface area contributed by atoms with Crippen molar-refractivity contribution >= 4 is 17.2 Å². The normalized spacial score (nSPS) is 11.4. The van der Waals surface area contributed by atoms with Gasteiger partial charge in [0.25, 0.3) is 5.91 Å². The third kappa shape index (κ3) is 3.02. The summed E-state index contributed by atoms with van der Waals surface area (Å²) in [5.74, 6) is -0.608. The van der Waals surface area contributed by atoms with E-state index in [4.69, 9.17) is 0 Å². The van der Waals surface area contributed by atoms with Gasteiger partial charge in [0, 0.05) is 12.4 Å². The summed E-state index contributed by atoms with van der Waals surface area (Å²) in [6, 6.07) is 1.50. The number of alkyl halides is 3. The van der Waals surface area contributed by atoms with Crippen molar-refractivity contribution in [1.82, 2.24) is 4.90 Å². The lowest BCUT2D eigenvalue weighted by Gasteiger charge is -2.18. The molecule has 2 nitrogen and oxygen atoms in total. The minimum absolute atomic E-state index is 0.293. The van der Waals surface area contributed by atoms with Crippen LogP contribution in [-0.4, -0.2) is 30.6 Å². The average molecular weight is 223 g/mol. The maximum Gasteiger partial charge on any atom is 0.406 e. The number of carbonyl (C=O) groups is 1. The molecule has 1 aromatic heterocycles. The van der Waals surface area contributed by atoms with Crippen molar-refractivity contribution in [1.29, 1.82) is 0 Å². The number of rotatable bonds is 2. The fourth-order valence-electron chi connectivity index (χ4n) is 0.947. The van der Waals surface area contributed by atoms with E-state index >= 15 is 0 Å². The molecule has 1 heterocycles. The predicted octanol–water partition coefficient (Wildman–Crippen LogP) is 2.38. The quantitative estimate of drug-likeness (QED) is 0.753. The van der Waals surface area contributed by atoms with Crippen LogP contribution in [0.5, 0.6) is 0 Å². The molecule has 1 amide bonds. The van der Waals surface area contributed by atoms with Crippen LogP contribution in [0.2, 0.25) is 0 Å². The van der Waals surface area contributed by atoms with Crippen molar-refractivity contribution in [2.45, 2.75) is 6.18 Å². The highest BCUT2D eigenvalue weighted by Crippen LogP contribution is 2.17. The standard InChI is InChI=1S/C8H8F3NOS/c1-12(5-8(9,10)11)7(13)6-2-3-14-4-6/h2-4H,5H2,1H3. The maximum absolute atomic E-state index is 11.9. The minimum atomic E-state index is -4.35. The van der Waals surface area contributed by atoms with Crippen LogP contribution >= 0.6 is 11.3 Å². The smallest absolute Gasteiger partial charge is 0.333 e. The first kappa shape index (κ1) is 11.0. The third-order valence-corrected chi connectivity index (χ3v) is 2.21. The van der Waals surface area contributed by atoms with Gasteiger partial charge in [-0.05, 0) is 11.4 Å². The Morgan fingerprint density at radius 3 is 2.64 bits per heavy atom. The Morgan fingerprint density at radius 2 is 2.21 bits per heavy atom. The lowest BCUT2D eigenvalue weighted by atomic mass is 10.3. The van der Waals surface area contributed by atoms with Gasteiger partial charge in [-0.2, -0.15) is 24.5 Å². The van der Waals surface area contributed by atoms with E-state index in [-0.39, 0.29) is 0 Å². The average Bonchev–Trinajstić information content (AvgIpc) is 2.51. The fourth-order valence-corrected chi connectivity index (χ4v) is 1.58. The van der Waals surface area contributed by atoms with Crippen molar-refractivity contribution in [2.75, 3.05) is 13.6 Å². The molecule has 0 bridgehead atoms. The predicted molar refractivity (Wildman–Crippen MR) is 47.3 cm³/mol. The maximum atomic E-state index is 11.9. The van der Waals surface area contributed by atoms with Gasteiger partial charge in [0.2, 0.25) is 0 Å². The van der Waals surface area contributed by atoms with Gasteiger partial charge in [-0.1, -0.05) is 0 Å². The van der Waals surface area contributed by atoms with Crippen LogP contribution < -0.4 is 0 Å². The molecule has 0 aromatic carbocycles. The van der Waals surface area contributed by atoms with E-state index in [2.05, 4.69) is 0 Å². The van der Waals surface area contributed by atoms with Gasteiger partial charge in [0.05, 0.1) is 5.56 Å². The summed E-state index contributed by atoms with van der Waals surface area (Å²) < 4.78 is 35.8. The number of carbonyl (C=O) groups excluding carboxylic acids is 1. The monoisotopic (exact) mass is 223 g/mol. The molecule has 14 heavy (non-hydrogen) atoms. The highest BCUT2D eigenvalue weighted by Gasteiger charge is 2.31. The first-order valence-electron chi connectivity index (χ1n) is 3.74. The van der Waals surface area contributed by atoms with Gasteiger partial charge in [-0.25, -0.2) is 0 Å². The van der Waals surface area contributed by atoms with Gasteiger partial charge in [-0.15, -0.1) is 0 Å². The van der Waals surface area contributed by atoms with E-state index in [1.165, 1.54) is 22.8 Å². The van der Waals surface area contributed by atoms with Crippen LogP contribution in [0.1, 0.15) is 10.4 Å². The molecule has 0 spiro atoms. The first-order chi connectivity index (χ1) is 6.40. The molecular weight excluding hydrogens is 215 g/mol. The molecule has 0 aliphatic carbocycles. The molecule has 0 radical (unpaired) electrons. The molecule has 0 atom stereocenters. The summed E-state index contributed by atoms with van der Waals surface area (Å²) in [5, 5.41) is 3.17. The molecule has 1 aromatic rings. The number of nitrogens with zero attached hydrogens (tertiary/aromatic N) is 1. The number of halogens is 3. The Hall–Kier alpha value is -1.04. The van der Waals surface area contributed by atoms with Crippen LogP contribution in [0.3, 0.4) is 0 Å². The molecule has 6 heteroatoms. The molecule has 0 aliphatic rings. The van der Waals surface area contributed by atoms with Gasteiger partial charge < -0.3 is 4.90 Å². The lowest BCUT2D eigenvalue weighted by molar-refractivity contribution is -0.138. The number of hydrogen-bond donors (Lipinski definition) is 0. The van der Waals surface area contributed by atoms with Crippen LogP contribution in [0.4, 0.5) is 13.2 Å². The molecule has 0 N–H and O–H groups in total. The molecule has 0 aliphatic heterocycles. The van der Waals surface area contributed by atoms with E-state index in [1.807, 2.05) is 0 Å². The van der Waals surface area contributed by atoms with Crippen molar-refractivity contribution in [3.05, 3.63) is 22.4 Å². The molecule has 0 saturated carbocycles. The number of hydrogen-bond acceptors (Lipinski definition) is 2. The van der Waals surface area contributed by atoms with Crippen molar-refractivity contribution in [3.8, 4) is 0 Å². The van der Waals surface area contributed by atoms with Crippen LogP contribution in [-0.2, 0) is 0 Å². The third-order valence-electron chi connectivity index (χ3n) is 1.53. The first-order valence-corrected chi connectivity index (χ1v) is 4.69. The Morgan fingerprint density at radius 1 is 1.57 bits per heavy atom. The van der Waals surface area contributed by atoms with Crippen LogP contribution in [0.25, 0.3) is 0 Å². The van der Waals surface area contributed by atoms with E-state index in [9.17, 15) is 18.0 Å². The summed E-state index contributed by atoms with van der Waals surface area (Å²) in [5.41, 5.74) is 0.293. The molecule has 1 rings (SSSR count). The van der Waals surface area contributed by atoms with Gasteiger partial charge in [0.1, 0.15) is 6.54 Å². The molecular formula is C8H8F3NOS. The highest BCUT2D eigenvalue weighted by atomic mass is 32.1. The Balaban J connectivity index is 2.63. The molecule has 0 fully saturated rings. The van der Waals surface area contributed by atoms with Crippen LogP contribution in [0, 0.1) is 0 Å². The zero-order valence-corrected chi connectivity index (χ0v) is 8.15. The van der Waals surface area contributed by atoms with Crippen LogP contribution in [0.15, 0.2) is 16.8 Å². The number of amides is 1. The summed E-state index contributed by atoms with van der Waals surface area (Å²) in [6.45, 7) is -1.22. The van der Waals surface area contributed by atoms with Gasteiger partial charge >= 0.3 is 6.18 Å². The summed E-state index contributed by atoms with van der Waals surface area (Å²) in [4.78, 5) is 12.0. The molecule has 78 valence electrons. The van der Waals surface area contributed by atoms with Gasteiger partial charge in [-0.3, -0.25) is 4.79 Å². The topological polar surface area (TPSA) is 20.3 Å². The summed E-state index contributed by atoms with van der Waals surface area (Å²) >= 11 is 1.27. The summed E-state index contributed by atoms with van der Waals surface area (Å²) in [7, 11) is 1.13. The second-order valence-corrected chi connectivity index (χ2v) is 3.57. The lowest BCUT2D eigenvalue weighted by Crippen LogP contribution is -2.35. The van der Waals surface area contributed by atoms with Crippen molar-refractivity contribution in [2.24, 2.45) is 0 Å². The van der Waals surface area contributed by atoms with E-state index in [0.29, 0.717) is 10.5 Å². The zero-order valence-electron chi connectivity index (χ0n) is 7.34. The highest BCUT2D eigenvalue weighted by molar-refractivity contribution is 7.08. The second kappa shape index (κ2) is 4.00. The Kier molecular flexibility index (Phi) is 3.15. The Labute approximate surface area is 82.9 Å². The van der Waals surface area contributed by atoms with E-state index in [1.54, 1.807) is 5.38 Å². The number of thiophene rings is 1. The zero-order chi connectivity index (χ0) is 10.8. The van der Waals surface area contributed by atoms with Gasteiger partial charge in [0.15, 0.2) is 0 Å². The molecule has 0 saturated heterocycles. The summed E-state index contributed by atoms with van der Waals surface area (Å²) in [6.07, 6.45) is -4.35. The fraction of sp³-hybridized carbons (Fsp3) is 0.375. The van der Waals surface area contributed by atoms with Crippen molar-refractivity contribution < 1.29 is 18.0 Å². The van der Waals surface area contributed by atoms with E-state index < -0.39 is 18.6 Å².